The molecule has 0 atom stereocenters. The summed E-state index contributed by atoms with van der Waals surface area (Å²) < 4.78 is 25.9. The molecular formula is C10H14N2O4S. The average molecular weight is 258 g/mol. The molecule has 0 heterocycles. The van der Waals surface area contributed by atoms with Crippen LogP contribution < -0.4 is 10.0 Å². The van der Waals surface area contributed by atoms with Crippen molar-refractivity contribution in [3.63, 3.8) is 0 Å². The number of carbonyl (C=O) groups is 1. The molecule has 0 unspecified atom stereocenters. The lowest BCUT2D eigenvalue weighted by molar-refractivity contribution is -0.134. The number of rotatable bonds is 6. The Kier molecular flexibility index (Phi) is 4.47. The van der Waals surface area contributed by atoms with Gasteiger partial charge in [0.25, 0.3) is 0 Å². The zero-order chi connectivity index (χ0) is 12.9. The van der Waals surface area contributed by atoms with Crippen molar-refractivity contribution in [3.05, 3.63) is 24.3 Å². The number of carboxylic acids is 1. The van der Waals surface area contributed by atoms with E-state index in [0.717, 1.165) is 0 Å². The highest BCUT2D eigenvalue weighted by Crippen LogP contribution is 2.20. The maximum atomic E-state index is 11.8. The van der Waals surface area contributed by atoms with Crippen molar-refractivity contribution in [2.24, 2.45) is 0 Å². The molecule has 0 aliphatic carbocycles. The highest BCUT2D eigenvalue weighted by molar-refractivity contribution is 7.89. The fraction of sp³-hybridized carbons (Fsp3) is 0.300. The molecule has 1 aromatic rings. The smallest absolute Gasteiger partial charge is 0.322 e. The highest BCUT2D eigenvalue weighted by atomic mass is 32.2. The minimum absolute atomic E-state index is 0.0445. The highest BCUT2D eigenvalue weighted by Gasteiger charge is 2.16. The Morgan fingerprint density at radius 3 is 2.59 bits per heavy atom. The van der Waals surface area contributed by atoms with Gasteiger partial charge in [-0.05, 0) is 12.1 Å². The Balaban J connectivity index is 3.03. The second-order valence-electron chi connectivity index (χ2n) is 3.24. The van der Waals surface area contributed by atoms with Crippen LogP contribution in [0, 0.1) is 0 Å². The first-order valence-corrected chi connectivity index (χ1v) is 6.50. The average Bonchev–Trinajstić information content (AvgIpc) is 2.26. The van der Waals surface area contributed by atoms with Gasteiger partial charge >= 0.3 is 5.97 Å². The number of aliphatic carboxylic acids is 1. The minimum Gasteiger partial charge on any atom is -0.480 e. The third kappa shape index (κ3) is 3.72. The molecule has 0 aromatic heterocycles. The van der Waals surface area contributed by atoms with Crippen LogP contribution in [-0.2, 0) is 14.8 Å². The van der Waals surface area contributed by atoms with Crippen molar-refractivity contribution < 1.29 is 18.3 Å². The van der Waals surface area contributed by atoms with Crippen LogP contribution in [0.1, 0.15) is 6.92 Å². The maximum absolute atomic E-state index is 11.8. The summed E-state index contributed by atoms with van der Waals surface area (Å²) in [5, 5.41) is 11.1. The molecule has 17 heavy (non-hydrogen) atoms. The first-order chi connectivity index (χ1) is 7.97. The van der Waals surface area contributed by atoms with E-state index >= 15 is 0 Å². The van der Waals surface area contributed by atoms with E-state index < -0.39 is 16.0 Å². The van der Waals surface area contributed by atoms with Crippen LogP contribution >= 0.6 is 0 Å². The topological polar surface area (TPSA) is 95.5 Å². The molecule has 0 aliphatic heterocycles. The van der Waals surface area contributed by atoms with Crippen LogP contribution in [0.3, 0.4) is 0 Å². The van der Waals surface area contributed by atoms with E-state index in [4.69, 9.17) is 5.11 Å². The summed E-state index contributed by atoms with van der Waals surface area (Å²) in [6, 6.07) is 6.15. The molecular weight excluding hydrogens is 244 g/mol. The molecule has 0 aliphatic rings. The van der Waals surface area contributed by atoms with E-state index in [0.29, 0.717) is 0 Å². The van der Waals surface area contributed by atoms with Crippen molar-refractivity contribution in [3.8, 4) is 0 Å². The molecule has 0 amide bonds. The van der Waals surface area contributed by atoms with E-state index in [2.05, 4.69) is 10.0 Å². The Labute approximate surface area is 99.7 Å². The molecule has 0 bridgehead atoms. The largest absolute Gasteiger partial charge is 0.480 e. The lowest BCUT2D eigenvalue weighted by Gasteiger charge is -2.11. The maximum Gasteiger partial charge on any atom is 0.322 e. The van der Waals surface area contributed by atoms with Gasteiger partial charge in [-0.15, -0.1) is 0 Å². The quantitative estimate of drug-likeness (QED) is 0.690. The summed E-state index contributed by atoms with van der Waals surface area (Å²) in [5.74, 6) is -1.05. The number of benzene rings is 1. The SMILES string of the molecule is CCNS(=O)(=O)c1ccccc1NCC(=O)O. The molecule has 0 spiro atoms. The summed E-state index contributed by atoms with van der Waals surface area (Å²) in [5.41, 5.74) is 0.274. The van der Waals surface area contributed by atoms with E-state index in [1.54, 1.807) is 19.1 Å². The Morgan fingerprint density at radius 1 is 1.35 bits per heavy atom. The Bertz CT molecular complexity index is 499. The summed E-state index contributed by atoms with van der Waals surface area (Å²) in [6.07, 6.45) is 0. The number of hydrogen-bond donors (Lipinski definition) is 3. The van der Waals surface area contributed by atoms with Gasteiger partial charge in [0.2, 0.25) is 10.0 Å². The Hall–Kier alpha value is -1.60. The lowest BCUT2D eigenvalue weighted by atomic mass is 10.3. The van der Waals surface area contributed by atoms with Crippen LogP contribution in [0.25, 0.3) is 0 Å². The lowest BCUT2D eigenvalue weighted by Crippen LogP contribution is -2.24. The summed E-state index contributed by atoms with van der Waals surface area (Å²) >= 11 is 0. The van der Waals surface area contributed by atoms with Gasteiger partial charge in [-0.2, -0.15) is 0 Å². The van der Waals surface area contributed by atoms with Gasteiger partial charge in [0.05, 0.1) is 5.69 Å². The molecule has 6 nitrogen and oxygen atoms in total. The van der Waals surface area contributed by atoms with Crippen molar-refractivity contribution in [2.45, 2.75) is 11.8 Å². The molecule has 1 aromatic carbocycles. The summed E-state index contributed by atoms with van der Waals surface area (Å²) in [7, 11) is -3.59. The number of sulfonamides is 1. The first kappa shape index (κ1) is 13.5. The van der Waals surface area contributed by atoms with E-state index in [-0.39, 0.29) is 23.7 Å². The van der Waals surface area contributed by atoms with Crippen molar-refractivity contribution in [1.82, 2.24) is 4.72 Å². The van der Waals surface area contributed by atoms with Gasteiger partial charge < -0.3 is 10.4 Å². The third-order valence-electron chi connectivity index (χ3n) is 1.94. The van der Waals surface area contributed by atoms with Gasteiger partial charge in [-0.3, -0.25) is 4.79 Å². The van der Waals surface area contributed by atoms with Crippen molar-refractivity contribution >= 4 is 21.7 Å². The van der Waals surface area contributed by atoms with E-state index in [9.17, 15) is 13.2 Å². The van der Waals surface area contributed by atoms with E-state index in [1.807, 2.05) is 0 Å². The fourth-order valence-corrected chi connectivity index (χ4v) is 2.51. The van der Waals surface area contributed by atoms with Crippen molar-refractivity contribution in [2.75, 3.05) is 18.4 Å². The third-order valence-corrected chi connectivity index (χ3v) is 3.54. The minimum atomic E-state index is -3.59. The number of carboxylic acid groups (broad SMARTS) is 1. The van der Waals surface area contributed by atoms with Crippen LogP contribution in [-0.4, -0.2) is 32.6 Å². The first-order valence-electron chi connectivity index (χ1n) is 5.01. The fourth-order valence-electron chi connectivity index (χ4n) is 1.29. The molecule has 0 fully saturated rings. The van der Waals surface area contributed by atoms with Crippen LogP contribution in [0.2, 0.25) is 0 Å². The number of anilines is 1. The molecule has 1 rings (SSSR count). The predicted octanol–water partition coefficient (Wildman–Crippen LogP) is 0.481. The molecule has 0 saturated heterocycles. The van der Waals surface area contributed by atoms with Crippen LogP contribution in [0.5, 0.6) is 0 Å². The molecule has 3 N–H and O–H groups in total. The Morgan fingerprint density at radius 2 is 2.00 bits per heavy atom. The molecule has 0 radical (unpaired) electrons. The predicted molar refractivity (Wildman–Crippen MR) is 63.4 cm³/mol. The van der Waals surface area contributed by atoms with Gasteiger partial charge in [-0.25, -0.2) is 13.1 Å². The van der Waals surface area contributed by atoms with Gasteiger partial charge in [-0.1, -0.05) is 19.1 Å². The zero-order valence-corrected chi connectivity index (χ0v) is 10.1. The molecule has 7 heteroatoms. The second kappa shape index (κ2) is 5.65. The second-order valence-corrected chi connectivity index (χ2v) is 4.98. The monoisotopic (exact) mass is 258 g/mol. The summed E-state index contributed by atoms with van der Waals surface area (Å²) in [4.78, 5) is 10.5. The van der Waals surface area contributed by atoms with Gasteiger partial charge in [0, 0.05) is 6.54 Å². The summed E-state index contributed by atoms with van der Waals surface area (Å²) in [6.45, 7) is 1.61. The standard InChI is InChI=1S/C10H14N2O4S/c1-2-12-17(15,16)9-6-4-3-5-8(9)11-7-10(13)14/h3-6,11-12H,2,7H2,1H3,(H,13,14). The van der Waals surface area contributed by atoms with Crippen LogP contribution in [0.15, 0.2) is 29.2 Å². The van der Waals surface area contributed by atoms with E-state index in [1.165, 1.54) is 12.1 Å². The van der Waals surface area contributed by atoms with Crippen molar-refractivity contribution in [1.29, 1.82) is 0 Å². The van der Waals surface area contributed by atoms with Crippen LogP contribution in [0.4, 0.5) is 5.69 Å². The normalized spacial score (nSPS) is 11.1. The number of nitrogens with one attached hydrogen (secondary N) is 2. The van der Waals surface area contributed by atoms with Gasteiger partial charge in [0.1, 0.15) is 11.4 Å². The number of para-hydroxylation sites is 1. The zero-order valence-electron chi connectivity index (χ0n) is 9.30. The molecule has 94 valence electrons. The van der Waals surface area contributed by atoms with Gasteiger partial charge in [0.15, 0.2) is 0 Å². The number of hydrogen-bond acceptors (Lipinski definition) is 4. The molecule has 0 saturated carbocycles.